The Morgan fingerprint density at radius 2 is 1.74 bits per heavy atom. The predicted molar refractivity (Wildman–Crippen MR) is 92.1 cm³/mol. The number of benzene rings is 2. The second-order valence-electron chi connectivity index (χ2n) is 6.59. The Morgan fingerprint density at radius 1 is 1.00 bits per heavy atom. The number of ether oxygens (including phenoxy) is 2. The molecule has 0 aromatic heterocycles. The van der Waals surface area contributed by atoms with Gasteiger partial charge in [0.1, 0.15) is 23.1 Å². The molecule has 0 spiro atoms. The van der Waals surface area contributed by atoms with Gasteiger partial charge in [-0.05, 0) is 30.3 Å². The second-order valence-corrected chi connectivity index (χ2v) is 8.50. The van der Waals surface area contributed by atoms with E-state index in [1.54, 1.807) is 0 Å². The monoisotopic (exact) mass is 397 g/mol. The summed E-state index contributed by atoms with van der Waals surface area (Å²) in [7, 11) is -3.97. The van der Waals surface area contributed by atoms with E-state index in [-0.39, 0.29) is 19.9 Å². The minimum atomic E-state index is -3.97. The Kier molecular flexibility index (Phi) is 4.75. The molecule has 2 heterocycles. The highest BCUT2D eigenvalue weighted by atomic mass is 32.2. The number of hydrogen-bond donors (Lipinski definition) is 1. The summed E-state index contributed by atoms with van der Waals surface area (Å²) in [4.78, 5) is 0.739. The van der Waals surface area contributed by atoms with E-state index in [1.807, 2.05) is 18.2 Å². The molecule has 2 aliphatic heterocycles. The summed E-state index contributed by atoms with van der Waals surface area (Å²) in [6.45, 7) is 2.70. The van der Waals surface area contributed by atoms with Crippen molar-refractivity contribution >= 4 is 10.0 Å². The third kappa shape index (κ3) is 3.62. The molecule has 0 amide bonds. The van der Waals surface area contributed by atoms with Crippen LogP contribution < -0.4 is 14.4 Å². The summed E-state index contributed by atoms with van der Waals surface area (Å²) < 4.78 is 64.2. The van der Waals surface area contributed by atoms with Crippen LogP contribution in [0.3, 0.4) is 0 Å². The Labute approximate surface area is 156 Å². The van der Waals surface area contributed by atoms with Crippen LogP contribution >= 0.6 is 0 Å². The molecule has 0 saturated carbocycles. The van der Waals surface area contributed by atoms with Crippen LogP contribution in [-0.4, -0.2) is 45.7 Å². The summed E-state index contributed by atoms with van der Waals surface area (Å²) in [6.07, 6.45) is 0. The minimum absolute atomic E-state index is 0.224. The number of hydrogen-bond acceptors (Lipinski definition) is 4. The van der Waals surface area contributed by atoms with Crippen LogP contribution in [0.2, 0.25) is 0 Å². The van der Waals surface area contributed by atoms with Crippen LogP contribution in [0, 0.1) is 11.6 Å². The number of nitrogens with zero attached hydrogens (tertiary/aromatic N) is 1. The maximum atomic E-state index is 13.9. The highest BCUT2D eigenvalue weighted by Gasteiger charge is 2.32. The lowest BCUT2D eigenvalue weighted by Crippen LogP contribution is -3.13. The summed E-state index contributed by atoms with van der Waals surface area (Å²) in [6, 6.07) is 8.30. The molecule has 0 unspecified atom stereocenters. The molecule has 0 bridgehead atoms. The molecule has 2 aromatic rings. The SMILES string of the molecule is O=S(=O)(c1ccc(F)cc1F)N1CC[NH+](Cc2ccc3c(c2)OCO3)CC1. The largest absolute Gasteiger partial charge is 0.454 e. The molecule has 27 heavy (non-hydrogen) atoms. The average Bonchev–Trinajstić information content (AvgIpc) is 3.09. The number of rotatable bonds is 4. The van der Waals surface area contributed by atoms with E-state index < -0.39 is 26.6 Å². The zero-order valence-electron chi connectivity index (χ0n) is 14.5. The van der Waals surface area contributed by atoms with Gasteiger partial charge in [-0.25, -0.2) is 17.2 Å². The molecule has 2 aliphatic rings. The first-order valence-corrected chi connectivity index (χ1v) is 10.0. The van der Waals surface area contributed by atoms with E-state index in [9.17, 15) is 17.2 Å². The maximum Gasteiger partial charge on any atom is 0.246 e. The summed E-state index contributed by atoms with van der Waals surface area (Å²) >= 11 is 0. The lowest BCUT2D eigenvalue weighted by atomic mass is 10.2. The smallest absolute Gasteiger partial charge is 0.246 e. The van der Waals surface area contributed by atoms with Gasteiger partial charge in [0.25, 0.3) is 0 Å². The number of sulfonamides is 1. The number of nitrogens with one attached hydrogen (secondary N) is 1. The van der Waals surface area contributed by atoms with E-state index in [4.69, 9.17) is 9.47 Å². The second kappa shape index (κ2) is 7.06. The van der Waals surface area contributed by atoms with Crippen LogP contribution in [0.25, 0.3) is 0 Å². The van der Waals surface area contributed by atoms with E-state index in [1.165, 1.54) is 9.21 Å². The lowest BCUT2D eigenvalue weighted by Gasteiger charge is -2.31. The van der Waals surface area contributed by atoms with Gasteiger partial charge >= 0.3 is 0 Å². The summed E-state index contributed by atoms with van der Waals surface area (Å²) in [5.74, 6) is -0.416. The molecular weight excluding hydrogens is 378 g/mol. The molecule has 0 radical (unpaired) electrons. The van der Waals surface area contributed by atoms with Crippen LogP contribution in [-0.2, 0) is 16.6 Å². The molecule has 144 valence electrons. The average molecular weight is 397 g/mol. The van der Waals surface area contributed by atoms with Gasteiger partial charge in [0.15, 0.2) is 11.5 Å². The van der Waals surface area contributed by atoms with Gasteiger partial charge in [-0.2, -0.15) is 4.31 Å². The number of quaternary nitrogens is 1. The van der Waals surface area contributed by atoms with Crippen LogP contribution in [0.5, 0.6) is 11.5 Å². The molecule has 1 saturated heterocycles. The van der Waals surface area contributed by atoms with Gasteiger partial charge in [-0.15, -0.1) is 0 Å². The van der Waals surface area contributed by atoms with E-state index in [0.29, 0.717) is 19.2 Å². The fourth-order valence-corrected chi connectivity index (χ4v) is 4.87. The standard InChI is InChI=1S/C18H18F2N2O4S/c19-14-2-4-18(15(20)10-14)27(23,24)22-7-5-21(6-8-22)11-13-1-3-16-17(9-13)26-12-25-16/h1-4,9-10H,5-8,11-12H2/p+1. The molecule has 6 nitrogen and oxygen atoms in total. The highest BCUT2D eigenvalue weighted by Crippen LogP contribution is 2.32. The first-order valence-electron chi connectivity index (χ1n) is 8.61. The molecule has 2 aromatic carbocycles. The van der Waals surface area contributed by atoms with E-state index in [2.05, 4.69) is 0 Å². The van der Waals surface area contributed by atoms with Crippen molar-refractivity contribution in [3.63, 3.8) is 0 Å². The third-order valence-electron chi connectivity index (χ3n) is 4.83. The summed E-state index contributed by atoms with van der Waals surface area (Å²) in [5.41, 5.74) is 1.08. The van der Waals surface area contributed by atoms with Gasteiger partial charge in [0, 0.05) is 11.6 Å². The molecular formula is C18H19F2N2O4S+. The molecule has 1 N–H and O–H groups in total. The number of halogens is 2. The highest BCUT2D eigenvalue weighted by molar-refractivity contribution is 7.89. The zero-order chi connectivity index (χ0) is 19.0. The van der Waals surface area contributed by atoms with Gasteiger partial charge in [0.2, 0.25) is 16.8 Å². The van der Waals surface area contributed by atoms with E-state index in [0.717, 1.165) is 35.7 Å². The molecule has 0 aliphatic carbocycles. The topological polar surface area (TPSA) is 60.3 Å². The summed E-state index contributed by atoms with van der Waals surface area (Å²) in [5, 5.41) is 0. The molecule has 9 heteroatoms. The molecule has 4 rings (SSSR count). The van der Waals surface area contributed by atoms with Gasteiger partial charge < -0.3 is 14.4 Å². The van der Waals surface area contributed by atoms with Crippen molar-refractivity contribution in [2.75, 3.05) is 33.0 Å². The van der Waals surface area contributed by atoms with Crippen molar-refractivity contribution in [1.29, 1.82) is 0 Å². The van der Waals surface area contributed by atoms with Crippen molar-refractivity contribution in [2.45, 2.75) is 11.4 Å². The normalized spacial score (nSPS) is 18.0. The van der Waals surface area contributed by atoms with E-state index >= 15 is 0 Å². The first kappa shape index (κ1) is 18.1. The van der Waals surface area contributed by atoms with Crippen molar-refractivity contribution in [2.24, 2.45) is 0 Å². The number of fused-ring (bicyclic) bond motifs is 1. The van der Waals surface area contributed by atoms with Crippen LogP contribution in [0.4, 0.5) is 8.78 Å². The maximum absolute atomic E-state index is 13.9. The van der Waals surface area contributed by atoms with Crippen molar-refractivity contribution in [3.05, 3.63) is 53.6 Å². The Balaban J connectivity index is 1.41. The van der Waals surface area contributed by atoms with Gasteiger partial charge in [-0.3, -0.25) is 0 Å². The zero-order valence-corrected chi connectivity index (χ0v) is 15.3. The third-order valence-corrected chi connectivity index (χ3v) is 6.76. The molecule has 0 atom stereocenters. The fraction of sp³-hybridized carbons (Fsp3) is 0.333. The quantitative estimate of drug-likeness (QED) is 0.829. The Hall–Kier alpha value is -2.23. The van der Waals surface area contributed by atoms with Crippen molar-refractivity contribution in [1.82, 2.24) is 4.31 Å². The molecule has 1 fully saturated rings. The predicted octanol–water partition coefficient (Wildman–Crippen LogP) is 0.783. The Morgan fingerprint density at radius 3 is 2.48 bits per heavy atom. The fourth-order valence-electron chi connectivity index (χ4n) is 3.38. The van der Waals surface area contributed by atoms with Gasteiger partial charge in [0.05, 0.1) is 26.2 Å². The van der Waals surface area contributed by atoms with Crippen LogP contribution in [0.15, 0.2) is 41.3 Å². The Bertz CT molecular complexity index is 960. The first-order chi connectivity index (χ1) is 12.9. The minimum Gasteiger partial charge on any atom is -0.454 e. The van der Waals surface area contributed by atoms with Gasteiger partial charge in [-0.1, -0.05) is 0 Å². The lowest BCUT2D eigenvalue weighted by molar-refractivity contribution is -0.917. The van der Waals surface area contributed by atoms with Crippen LogP contribution in [0.1, 0.15) is 5.56 Å². The van der Waals surface area contributed by atoms with Crippen molar-refractivity contribution < 1.29 is 31.6 Å². The number of piperazine rings is 1. The van der Waals surface area contributed by atoms with Crippen molar-refractivity contribution in [3.8, 4) is 11.5 Å².